The number of carbonyl (C=O) groups excluding carboxylic acids is 4. The summed E-state index contributed by atoms with van der Waals surface area (Å²) in [5.41, 5.74) is 2.57. The largest absolute Gasteiger partial charge is 0.480 e. The molecule has 3 aliphatic rings. The minimum Gasteiger partial charge on any atom is -0.480 e. The summed E-state index contributed by atoms with van der Waals surface area (Å²) in [4.78, 5) is 85.3. The first kappa shape index (κ1) is 50.0. The van der Waals surface area contributed by atoms with E-state index in [1.54, 1.807) is 24.3 Å². The molecule has 3 fully saturated rings. The van der Waals surface area contributed by atoms with E-state index in [-0.39, 0.29) is 55.0 Å². The predicted octanol–water partition coefficient (Wildman–Crippen LogP) is 2.45. The van der Waals surface area contributed by atoms with Gasteiger partial charge in [0.15, 0.2) is 5.11 Å². The van der Waals surface area contributed by atoms with Crippen LogP contribution in [0.3, 0.4) is 0 Å². The molecule has 3 heterocycles. The molecule has 1 atom stereocenters. The van der Waals surface area contributed by atoms with Crippen LogP contribution < -0.4 is 26.6 Å². The third-order valence-electron chi connectivity index (χ3n) is 12.0. The Hall–Kier alpha value is -6.41. The molecule has 0 bridgehead atoms. The van der Waals surface area contributed by atoms with Gasteiger partial charge in [-0.1, -0.05) is 24.3 Å². The van der Waals surface area contributed by atoms with Gasteiger partial charge in [-0.25, -0.2) is 8.78 Å². The Kier molecular flexibility index (Phi) is 17.4. The first-order valence-electron chi connectivity index (χ1n) is 22.1. The zero-order valence-corrected chi connectivity index (χ0v) is 37.7. The number of nitriles is 1. The van der Waals surface area contributed by atoms with Crippen LogP contribution in [0.5, 0.6) is 0 Å². The number of carbonyl (C=O) groups is 6. The number of likely N-dealkylation sites (tertiary alicyclic amines) is 1. The van der Waals surface area contributed by atoms with Crippen molar-refractivity contribution in [1.29, 1.82) is 5.26 Å². The van der Waals surface area contributed by atoms with E-state index >= 15 is 0 Å². The smallest absolute Gasteiger partial charge is 0.317 e. The number of nitrogens with one attached hydrogen (secondary N) is 5. The molecule has 7 N–H and O–H groups in total. The topological polar surface area (TPSA) is 253 Å². The van der Waals surface area contributed by atoms with Gasteiger partial charge in [-0.2, -0.15) is 5.26 Å². The second-order valence-corrected chi connectivity index (χ2v) is 17.5. The van der Waals surface area contributed by atoms with Crippen LogP contribution in [0.15, 0.2) is 54.7 Å². The highest BCUT2D eigenvalue weighted by Gasteiger charge is 2.47. The van der Waals surface area contributed by atoms with Crippen molar-refractivity contribution >= 4 is 75.2 Å². The minimum atomic E-state index is -3.19. The van der Waals surface area contributed by atoms with Crippen molar-refractivity contribution in [3.05, 3.63) is 65.9 Å². The molecule has 358 valence electrons. The second-order valence-electron chi connectivity index (χ2n) is 17.0. The van der Waals surface area contributed by atoms with E-state index in [2.05, 4.69) is 36.5 Å². The highest BCUT2D eigenvalue weighted by atomic mass is 32.1. The fraction of sp³-hybridized carbons (Fsp3) is 0.489. The van der Waals surface area contributed by atoms with Crippen LogP contribution in [0.4, 0.5) is 20.2 Å². The van der Waals surface area contributed by atoms with Crippen molar-refractivity contribution in [1.82, 2.24) is 40.5 Å². The van der Waals surface area contributed by atoms with Crippen molar-refractivity contribution in [2.24, 2.45) is 0 Å². The highest BCUT2D eigenvalue weighted by Crippen LogP contribution is 2.32. The number of alkyl halides is 2. The Balaban J connectivity index is 0.894. The molecule has 1 aromatic heterocycles. The van der Waals surface area contributed by atoms with Gasteiger partial charge in [0.25, 0.3) is 11.8 Å². The molecule has 6 rings (SSSR count). The Morgan fingerprint density at radius 3 is 2.00 bits per heavy atom. The van der Waals surface area contributed by atoms with Crippen LogP contribution in [0.1, 0.15) is 60.9 Å². The molecule has 2 aliphatic heterocycles. The molecular weight excluding hydrogens is 893 g/mol. The van der Waals surface area contributed by atoms with E-state index in [1.165, 1.54) is 12.3 Å². The van der Waals surface area contributed by atoms with E-state index < -0.39 is 61.1 Å². The molecule has 1 aliphatic carbocycles. The lowest BCUT2D eigenvalue weighted by atomic mass is 9.91. The number of aromatic nitrogens is 1. The molecule has 0 radical (unpaired) electrons. The number of aliphatic carboxylic acids is 2. The van der Waals surface area contributed by atoms with Crippen molar-refractivity contribution in [2.45, 2.75) is 75.5 Å². The van der Waals surface area contributed by atoms with Gasteiger partial charge < -0.3 is 41.7 Å². The van der Waals surface area contributed by atoms with E-state index in [0.29, 0.717) is 74.8 Å². The van der Waals surface area contributed by atoms with Crippen molar-refractivity contribution in [3.8, 4) is 6.07 Å². The summed E-state index contributed by atoms with van der Waals surface area (Å²) in [6, 6.07) is 14.5. The highest BCUT2D eigenvalue weighted by molar-refractivity contribution is 7.80. The molecular formula is C45H55F2N11O8S. The summed E-state index contributed by atoms with van der Waals surface area (Å²) in [5, 5.41) is 43.5. The summed E-state index contributed by atoms with van der Waals surface area (Å²) in [5.74, 6) is -7.22. The maximum atomic E-state index is 13.8. The van der Waals surface area contributed by atoms with Gasteiger partial charge in [-0.15, -0.1) is 0 Å². The van der Waals surface area contributed by atoms with Crippen molar-refractivity contribution in [3.63, 3.8) is 0 Å². The van der Waals surface area contributed by atoms with Crippen LogP contribution in [0.2, 0.25) is 0 Å². The van der Waals surface area contributed by atoms with E-state index in [4.69, 9.17) is 12.2 Å². The lowest BCUT2D eigenvalue weighted by Crippen LogP contribution is -2.44. The quantitative estimate of drug-likeness (QED) is 0.102. The Morgan fingerprint density at radius 1 is 0.791 bits per heavy atom. The number of hydrogen-bond acceptors (Lipinski definition) is 12. The van der Waals surface area contributed by atoms with E-state index in [9.17, 15) is 53.0 Å². The number of nitrogens with zero attached hydrogens (tertiary/aromatic N) is 6. The molecule has 0 unspecified atom stereocenters. The maximum Gasteiger partial charge on any atom is 0.317 e. The molecule has 22 heteroatoms. The van der Waals surface area contributed by atoms with Crippen LogP contribution >= 0.6 is 12.2 Å². The molecule has 19 nitrogen and oxygen atoms in total. The number of thiocarbonyl (C=S) groups is 1. The monoisotopic (exact) mass is 947 g/mol. The summed E-state index contributed by atoms with van der Waals surface area (Å²) in [7, 11) is 0. The maximum absolute atomic E-state index is 13.8. The zero-order valence-electron chi connectivity index (χ0n) is 36.8. The average Bonchev–Trinajstić information content (AvgIpc) is 3.65. The molecule has 2 aromatic carbocycles. The van der Waals surface area contributed by atoms with Gasteiger partial charge in [0.05, 0.1) is 49.0 Å². The summed E-state index contributed by atoms with van der Waals surface area (Å²) >= 11 is 5.61. The minimum absolute atomic E-state index is 0.0544. The fourth-order valence-electron chi connectivity index (χ4n) is 8.49. The van der Waals surface area contributed by atoms with Gasteiger partial charge in [0.2, 0.25) is 17.7 Å². The van der Waals surface area contributed by atoms with Crippen LogP contribution in [-0.4, -0.2) is 165 Å². The lowest BCUT2D eigenvalue weighted by molar-refractivity contribution is -0.140. The Morgan fingerprint density at radius 2 is 1.39 bits per heavy atom. The van der Waals surface area contributed by atoms with Gasteiger partial charge >= 0.3 is 11.9 Å². The number of hydrogen-bond donors (Lipinski definition) is 7. The van der Waals surface area contributed by atoms with Gasteiger partial charge in [0, 0.05) is 94.4 Å². The molecule has 4 amide bonds. The summed E-state index contributed by atoms with van der Waals surface area (Å²) in [6.45, 7) is 2.27. The molecule has 2 saturated heterocycles. The molecule has 3 aromatic rings. The molecule has 1 saturated carbocycles. The number of anilines is 2. The fourth-order valence-corrected chi connectivity index (χ4v) is 8.77. The first-order valence-corrected chi connectivity index (χ1v) is 22.5. The standard InChI is InChI=1S/C45H55F2N11O8S/c46-45(47)22-33(23-48)58(28-45)39(61)24-50-43(66)35-14-15-49-42-34(35)2-1-3-36(42)54-38(60)13-12-37(59)51-30-8-10-32(11-9-30)53-44(67)52-31-6-4-29(5-7-31)25-55-16-18-56(26-40(62)63)20-21-57(19-17-55)27-41(64)65/h1-7,14-15,30,32-33H,8-13,16-22,24-28H2,(H,50,66)(H,51,59)(H,54,60)(H,62,63)(H,64,65)(H2,52,53,67)/t30?,32?,33-/m0/s1. The van der Waals surface area contributed by atoms with Crippen molar-refractivity contribution in [2.75, 3.05) is 76.1 Å². The van der Waals surface area contributed by atoms with Crippen LogP contribution in [0.25, 0.3) is 10.9 Å². The number of carboxylic acids is 2. The van der Waals surface area contributed by atoms with Crippen LogP contribution in [-0.2, 0) is 30.5 Å². The zero-order chi connectivity index (χ0) is 48.1. The number of pyridine rings is 1. The second kappa shape index (κ2) is 23.4. The number of rotatable bonds is 16. The first-order chi connectivity index (χ1) is 32.0. The SMILES string of the molecule is N#C[C@@H]1CC(F)(F)CN1C(=O)CNC(=O)c1ccnc2c(NC(=O)CCC(=O)NC3CCC(NC(=S)Nc4ccc(CN5CCN(CC(=O)O)CCN(CC(=O)O)CC5)cc4)CC3)cccc12. The Labute approximate surface area is 391 Å². The van der Waals surface area contributed by atoms with Crippen molar-refractivity contribution < 1.29 is 47.8 Å². The predicted molar refractivity (Wildman–Crippen MR) is 246 cm³/mol. The normalized spacial score (nSPS) is 20.3. The number of halogens is 2. The number of benzene rings is 2. The number of fused-ring (bicyclic) bond motifs is 1. The van der Waals surface area contributed by atoms with Gasteiger partial charge in [-0.05, 0) is 67.7 Å². The van der Waals surface area contributed by atoms with Gasteiger partial charge in [-0.3, -0.25) is 48.5 Å². The summed E-state index contributed by atoms with van der Waals surface area (Å²) < 4.78 is 27.6. The number of amides is 4. The third kappa shape index (κ3) is 15.1. The number of para-hydroxylation sites is 1. The van der Waals surface area contributed by atoms with E-state index in [0.717, 1.165) is 29.0 Å². The summed E-state index contributed by atoms with van der Waals surface area (Å²) in [6.07, 6.45) is 3.38. The van der Waals surface area contributed by atoms with Gasteiger partial charge in [0.1, 0.15) is 6.04 Å². The third-order valence-corrected chi connectivity index (χ3v) is 12.2. The average molecular weight is 948 g/mol. The number of carboxylic acid groups (broad SMARTS) is 2. The molecule has 67 heavy (non-hydrogen) atoms. The van der Waals surface area contributed by atoms with E-state index in [1.807, 2.05) is 34.1 Å². The Bertz CT molecular complexity index is 2320. The molecule has 0 spiro atoms. The lowest BCUT2D eigenvalue weighted by Gasteiger charge is -2.30. The van der Waals surface area contributed by atoms with Crippen LogP contribution in [0, 0.1) is 11.3 Å².